The normalized spacial score (nSPS) is 29.9. The lowest BCUT2D eigenvalue weighted by Gasteiger charge is -2.21. The number of fused-ring (bicyclic) bond motifs is 1. The van der Waals surface area contributed by atoms with E-state index >= 15 is 0 Å². The van der Waals surface area contributed by atoms with Crippen LogP contribution in [0.1, 0.15) is 0 Å². The lowest BCUT2D eigenvalue weighted by Crippen LogP contribution is -2.25. The van der Waals surface area contributed by atoms with Crippen LogP contribution in [0.25, 0.3) is 0 Å². The molecule has 0 aromatic heterocycles. The minimum atomic E-state index is -0.634. The van der Waals surface area contributed by atoms with Crippen molar-refractivity contribution < 1.29 is 14.6 Å². The van der Waals surface area contributed by atoms with Gasteiger partial charge in [0.2, 0.25) is 0 Å². The zero-order chi connectivity index (χ0) is 12.0. The molecule has 1 aromatic carbocycles. The van der Waals surface area contributed by atoms with Gasteiger partial charge >= 0.3 is 5.97 Å². The van der Waals surface area contributed by atoms with Gasteiger partial charge in [0.15, 0.2) is 0 Å². The monoisotopic (exact) mass is 233 g/mol. The van der Waals surface area contributed by atoms with Gasteiger partial charge in [-0.3, -0.25) is 4.79 Å². The Morgan fingerprint density at radius 3 is 2.71 bits per heavy atom. The molecule has 2 unspecified atom stereocenters. The van der Waals surface area contributed by atoms with Crippen LogP contribution in [0.3, 0.4) is 0 Å². The van der Waals surface area contributed by atoms with Crippen LogP contribution in [-0.2, 0) is 4.79 Å². The predicted molar refractivity (Wildman–Crippen MR) is 63.3 cm³/mol. The van der Waals surface area contributed by atoms with E-state index in [1.807, 2.05) is 24.3 Å². The highest BCUT2D eigenvalue weighted by Gasteiger charge is 2.59. The molecule has 2 fully saturated rings. The highest BCUT2D eigenvalue weighted by molar-refractivity contribution is 5.75. The van der Waals surface area contributed by atoms with E-state index in [1.165, 1.54) is 0 Å². The van der Waals surface area contributed by atoms with E-state index in [0.717, 1.165) is 24.5 Å². The van der Waals surface area contributed by atoms with E-state index in [1.54, 1.807) is 7.11 Å². The maximum atomic E-state index is 10.9. The van der Waals surface area contributed by atoms with Crippen LogP contribution in [0, 0.1) is 17.8 Å². The Bertz CT molecular complexity index is 448. The Morgan fingerprint density at radius 2 is 2.12 bits per heavy atom. The highest BCUT2D eigenvalue weighted by atomic mass is 16.5. The van der Waals surface area contributed by atoms with Crippen molar-refractivity contribution >= 4 is 11.7 Å². The first-order chi connectivity index (χ1) is 8.20. The maximum absolute atomic E-state index is 10.9. The fourth-order valence-corrected chi connectivity index (χ4v) is 2.91. The molecule has 90 valence electrons. The number of carboxylic acid groups (broad SMARTS) is 1. The summed E-state index contributed by atoms with van der Waals surface area (Å²) in [6.45, 7) is 1.71. The predicted octanol–water partition coefficient (Wildman–Crippen LogP) is 1.46. The number of hydrogen-bond donors (Lipinski definition) is 1. The fourth-order valence-electron chi connectivity index (χ4n) is 2.91. The number of piperidine rings is 1. The van der Waals surface area contributed by atoms with Crippen LogP contribution in [-0.4, -0.2) is 31.3 Å². The van der Waals surface area contributed by atoms with E-state index in [2.05, 4.69) is 4.90 Å². The van der Waals surface area contributed by atoms with E-state index < -0.39 is 5.97 Å². The second-order valence-electron chi connectivity index (χ2n) is 4.80. The quantitative estimate of drug-likeness (QED) is 0.858. The zero-order valence-corrected chi connectivity index (χ0v) is 9.67. The average Bonchev–Trinajstić information content (AvgIpc) is 2.86. The van der Waals surface area contributed by atoms with Crippen LogP contribution < -0.4 is 9.64 Å². The number of nitrogens with zero attached hydrogens (tertiary/aromatic N) is 1. The molecule has 2 atom stereocenters. The minimum absolute atomic E-state index is 0.100. The van der Waals surface area contributed by atoms with Crippen molar-refractivity contribution in [3.8, 4) is 5.75 Å². The SMILES string of the molecule is COc1cccc(N2CC3C(C2)C3C(=O)O)c1. The number of hydrogen-bond acceptors (Lipinski definition) is 3. The summed E-state index contributed by atoms with van der Waals surface area (Å²) in [7, 11) is 1.65. The molecule has 0 amide bonds. The summed E-state index contributed by atoms with van der Waals surface area (Å²) in [6, 6.07) is 7.93. The van der Waals surface area contributed by atoms with Gasteiger partial charge in [0.05, 0.1) is 13.0 Å². The van der Waals surface area contributed by atoms with E-state index in [0.29, 0.717) is 11.8 Å². The topological polar surface area (TPSA) is 49.8 Å². The van der Waals surface area contributed by atoms with Crippen molar-refractivity contribution in [1.29, 1.82) is 0 Å². The summed E-state index contributed by atoms with van der Waals surface area (Å²) in [6.07, 6.45) is 0. The van der Waals surface area contributed by atoms with E-state index in [9.17, 15) is 4.79 Å². The smallest absolute Gasteiger partial charge is 0.307 e. The number of methoxy groups -OCH3 is 1. The van der Waals surface area contributed by atoms with Gasteiger partial charge in [-0.05, 0) is 24.0 Å². The van der Waals surface area contributed by atoms with Gasteiger partial charge in [0.1, 0.15) is 5.75 Å². The Hall–Kier alpha value is -1.71. The van der Waals surface area contributed by atoms with E-state index in [-0.39, 0.29) is 5.92 Å². The number of carbonyl (C=O) groups is 1. The van der Waals surface area contributed by atoms with Crippen molar-refractivity contribution in [1.82, 2.24) is 0 Å². The first kappa shape index (κ1) is 10.4. The molecule has 1 aliphatic heterocycles. The van der Waals surface area contributed by atoms with Gasteiger partial charge in [0.25, 0.3) is 0 Å². The van der Waals surface area contributed by atoms with Crippen LogP contribution in [0.4, 0.5) is 5.69 Å². The Labute approximate surface area is 99.8 Å². The third-order valence-corrected chi connectivity index (χ3v) is 3.90. The molecule has 1 saturated carbocycles. The molecule has 17 heavy (non-hydrogen) atoms. The fraction of sp³-hybridized carbons (Fsp3) is 0.462. The molecule has 1 N–H and O–H groups in total. The van der Waals surface area contributed by atoms with Crippen molar-refractivity contribution in [2.45, 2.75) is 0 Å². The molecule has 1 saturated heterocycles. The zero-order valence-electron chi connectivity index (χ0n) is 9.67. The third kappa shape index (κ3) is 1.64. The lowest BCUT2D eigenvalue weighted by atomic mass is 10.2. The van der Waals surface area contributed by atoms with Crippen LogP contribution >= 0.6 is 0 Å². The van der Waals surface area contributed by atoms with Gasteiger partial charge < -0.3 is 14.7 Å². The summed E-state index contributed by atoms with van der Waals surface area (Å²) < 4.78 is 5.19. The Kier molecular flexibility index (Phi) is 2.24. The van der Waals surface area contributed by atoms with Crippen LogP contribution in [0.5, 0.6) is 5.75 Å². The molecule has 1 heterocycles. The van der Waals surface area contributed by atoms with E-state index in [4.69, 9.17) is 9.84 Å². The third-order valence-electron chi connectivity index (χ3n) is 3.90. The average molecular weight is 233 g/mol. The second kappa shape index (κ2) is 3.65. The Balaban J connectivity index is 1.71. The van der Waals surface area contributed by atoms with Crippen LogP contribution in [0.15, 0.2) is 24.3 Å². The number of ether oxygens (including phenoxy) is 1. The number of carboxylic acids is 1. The highest BCUT2D eigenvalue weighted by Crippen LogP contribution is 2.52. The van der Waals surface area contributed by atoms with Crippen molar-refractivity contribution in [2.75, 3.05) is 25.1 Å². The molecule has 1 aliphatic carbocycles. The first-order valence-electron chi connectivity index (χ1n) is 5.82. The summed E-state index contributed by atoms with van der Waals surface area (Å²) in [4.78, 5) is 13.1. The summed E-state index contributed by atoms with van der Waals surface area (Å²) in [5, 5.41) is 8.96. The number of anilines is 1. The summed E-state index contributed by atoms with van der Waals surface area (Å²) in [5.41, 5.74) is 1.13. The van der Waals surface area contributed by atoms with Crippen LogP contribution in [0.2, 0.25) is 0 Å². The summed E-state index contributed by atoms with van der Waals surface area (Å²) >= 11 is 0. The molecule has 2 aliphatic rings. The van der Waals surface area contributed by atoms with Gasteiger partial charge in [-0.2, -0.15) is 0 Å². The standard InChI is InChI=1S/C13H15NO3/c1-17-9-4-2-3-8(5-9)14-6-10-11(7-14)12(10)13(15)16/h2-5,10-12H,6-7H2,1H3,(H,15,16). The lowest BCUT2D eigenvalue weighted by molar-refractivity contribution is -0.139. The molecule has 0 bridgehead atoms. The number of benzene rings is 1. The Morgan fingerprint density at radius 1 is 1.41 bits per heavy atom. The largest absolute Gasteiger partial charge is 0.497 e. The van der Waals surface area contributed by atoms with Gasteiger partial charge in [-0.1, -0.05) is 6.07 Å². The van der Waals surface area contributed by atoms with Gasteiger partial charge in [-0.15, -0.1) is 0 Å². The minimum Gasteiger partial charge on any atom is -0.497 e. The molecular formula is C13H15NO3. The summed E-state index contributed by atoms with van der Waals surface area (Å²) in [5.74, 6) is 0.803. The van der Waals surface area contributed by atoms with Gasteiger partial charge in [0, 0.05) is 24.8 Å². The molecular weight excluding hydrogens is 218 g/mol. The molecule has 4 nitrogen and oxygen atoms in total. The molecule has 3 rings (SSSR count). The second-order valence-corrected chi connectivity index (χ2v) is 4.80. The van der Waals surface area contributed by atoms with Crippen molar-refractivity contribution in [2.24, 2.45) is 17.8 Å². The molecule has 0 radical (unpaired) electrons. The molecule has 1 aromatic rings. The number of rotatable bonds is 3. The molecule has 4 heteroatoms. The van der Waals surface area contributed by atoms with Gasteiger partial charge in [-0.25, -0.2) is 0 Å². The van der Waals surface area contributed by atoms with Crippen molar-refractivity contribution in [3.05, 3.63) is 24.3 Å². The maximum Gasteiger partial charge on any atom is 0.307 e. The molecule has 0 spiro atoms. The first-order valence-corrected chi connectivity index (χ1v) is 5.82. The van der Waals surface area contributed by atoms with Crippen molar-refractivity contribution in [3.63, 3.8) is 0 Å². The number of aliphatic carboxylic acids is 1.